The number of hydrogen-bond donors (Lipinski definition) is 0. The van der Waals surface area contributed by atoms with E-state index in [2.05, 4.69) is 64.5 Å². The number of carbonyl (C=O) groups excluding carboxylic acids is 1. The van der Waals surface area contributed by atoms with E-state index < -0.39 is 10.5 Å². The van der Waals surface area contributed by atoms with Crippen LogP contribution in [-0.4, -0.2) is 48.3 Å². The molecule has 2 unspecified atom stereocenters. The number of benzene rings is 2. The van der Waals surface area contributed by atoms with Crippen molar-refractivity contribution < 1.29 is 4.79 Å². The predicted octanol–water partition coefficient (Wildman–Crippen LogP) is 3.31. The molecule has 0 aromatic heterocycles. The summed E-state index contributed by atoms with van der Waals surface area (Å²) in [5.74, 6) is 0. The molecule has 0 amide bonds. The Morgan fingerprint density at radius 3 is 2.35 bits per heavy atom. The zero-order valence-corrected chi connectivity index (χ0v) is 14.1. The molecule has 2 atom stereocenters. The van der Waals surface area contributed by atoms with Crippen LogP contribution in [0.5, 0.6) is 0 Å². The van der Waals surface area contributed by atoms with Gasteiger partial charge in [0.25, 0.3) is 0 Å². The van der Waals surface area contributed by atoms with Crippen LogP contribution in [0.2, 0.25) is 0 Å². The monoisotopic (exact) mass is 324 g/mol. The SMILES string of the molecule is CN1CCN(C2c3ccccc3-c3ccccc3S2=C=O)CC1. The van der Waals surface area contributed by atoms with Crippen molar-refractivity contribution >= 4 is 15.7 Å². The molecule has 23 heavy (non-hydrogen) atoms. The van der Waals surface area contributed by atoms with E-state index in [4.69, 9.17) is 0 Å². The first-order chi connectivity index (χ1) is 11.3. The molecule has 0 bridgehead atoms. The van der Waals surface area contributed by atoms with Gasteiger partial charge in [0.15, 0.2) is 5.23 Å². The predicted molar refractivity (Wildman–Crippen MR) is 95.2 cm³/mol. The Bertz CT molecular complexity index is 789. The van der Waals surface area contributed by atoms with E-state index in [0.29, 0.717) is 0 Å². The van der Waals surface area contributed by atoms with Crippen molar-refractivity contribution in [2.24, 2.45) is 0 Å². The van der Waals surface area contributed by atoms with Crippen molar-refractivity contribution in [2.45, 2.75) is 10.3 Å². The summed E-state index contributed by atoms with van der Waals surface area (Å²) in [4.78, 5) is 17.9. The molecule has 4 rings (SSSR count). The second kappa shape index (κ2) is 6.06. The number of hydrogen-bond acceptors (Lipinski definition) is 3. The van der Waals surface area contributed by atoms with Crippen LogP contribution in [0.1, 0.15) is 10.9 Å². The molecule has 2 aromatic carbocycles. The summed E-state index contributed by atoms with van der Waals surface area (Å²) < 4.78 is 0. The van der Waals surface area contributed by atoms with Crippen LogP contribution >= 0.6 is 10.5 Å². The van der Waals surface area contributed by atoms with Crippen molar-refractivity contribution in [1.82, 2.24) is 9.80 Å². The summed E-state index contributed by atoms with van der Waals surface area (Å²) in [6, 6.07) is 16.9. The van der Waals surface area contributed by atoms with Crippen LogP contribution in [0.15, 0.2) is 53.4 Å². The first-order valence-corrected chi connectivity index (χ1v) is 9.30. The largest absolute Gasteiger partial charge is 0.304 e. The highest BCUT2D eigenvalue weighted by Crippen LogP contribution is 2.53. The highest BCUT2D eigenvalue weighted by molar-refractivity contribution is 8.14. The Morgan fingerprint density at radius 1 is 0.957 bits per heavy atom. The highest BCUT2D eigenvalue weighted by Gasteiger charge is 2.34. The van der Waals surface area contributed by atoms with Gasteiger partial charge in [0.2, 0.25) is 0 Å². The zero-order valence-electron chi connectivity index (χ0n) is 13.2. The Hall–Kier alpha value is -1.71. The van der Waals surface area contributed by atoms with Gasteiger partial charge in [-0.3, -0.25) is 4.90 Å². The van der Waals surface area contributed by atoms with Gasteiger partial charge in [-0.05, 0) is 40.3 Å². The Balaban J connectivity index is 1.88. The standard InChI is InChI=1S/C19H20N2OS/c1-20-10-12-21(13-11-20)19-17-8-3-2-6-15(17)16-7-4-5-9-18(16)23(19)14-22/h2-9,19H,10-13H2,1H3. The van der Waals surface area contributed by atoms with Crippen LogP contribution in [-0.2, 0) is 4.79 Å². The van der Waals surface area contributed by atoms with Crippen LogP contribution in [0.25, 0.3) is 11.1 Å². The number of piperazine rings is 1. The third-order valence-electron chi connectivity index (χ3n) is 4.82. The van der Waals surface area contributed by atoms with Crippen molar-refractivity contribution in [2.75, 3.05) is 33.2 Å². The van der Waals surface area contributed by atoms with Gasteiger partial charge >= 0.3 is 0 Å². The molecule has 118 valence electrons. The van der Waals surface area contributed by atoms with Crippen molar-refractivity contribution in [3.63, 3.8) is 0 Å². The second-order valence-electron chi connectivity index (χ2n) is 6.20. The average molecular weight is 324 g/mol. The molecule has 1 fully saturated rings. The smallest absolute Gasteiger partial charge is 0.162 e. The molecule has 2 aromatic rings. The van der Waals surface area contributed by atoms with E-state index in [9.17, 15) is 4.79 Å². The molecular formula is C19H20N2OS. The molecule has 1 saturated heterocycles. The van der Waals surface area contributed by atoms with E-state index in [1.165, 1.54) is 16.7 Å². The number of rotatable bonds is 1. The average Bonchev–Trinajstić information content (AvgIpc) is 2.61. The maximum Gasteiger partial charge on any atom is 0.162 e. The summed E-state index contributed by atoms with van der Waals surface area (Å²) in [6.45, 7) is 4.11. The third-order valence-corrected chi connectivity index (χ3v) is 6.83. The van der Waals surface area contributed by atoms with Crippen LogP contribution < -0.4 is 0 Å². The zero-order chi connectivity index (χ0) is 15.8. The summed E-state index contributed by atoms with van der Waals surface area (Å²) in [5, 5.41) is 2.51. The number of fused-ring (bicyclic) bond motifs is 3. The molecule has 0 radical (unpaired) electrons. The van der Waals surface area contributed by atoms with Gasteiger partial charge in [-0.1, -0.05) is 42.5 Å². The van der Waals surface area contributed by atoms with Crippen molar-refractivity contribution in [3.8, 4) is 11.1 Å². The topological polar surface area (TPSA) is 23.6 Å². The van der Waals surface area contributed by atoms with Gasteiger partial charge < -0.3 is 4.90 Å². The minimum absolute atomic E-state index is 0.132. The van der Waals surface area contributed by atoms with Gasteiger partial charge in [0.05, 0.1) is 5.37 Å². The van der Waals surface area contributed by atoms with E-state index >= 15 is 0 Å². The van der Waals surface area contributed by atoms with Gasteiger partial charge in [0.1, 0.15) is 0 Å². The molecule has 0 saturated carbocycles. The second-order valence-corrected chi connectivity index (χ2v) is 7.92. The summed E-state index contributed by atoms with van der Waals surface area (Å²) in [7, 11) is 1.63. The quantitative estimate of drug-likeness (QED) is 0.752. The fourth-order valence-electron chi connectivity index (χ4n) is 3.58. The van der Waals surface area contributed by atoms with Crippen LogP contribution in [0.3, 0.4) is 0 Å². The van der Waals surface area contributed by atoms with Crippen LogP contribution in [0, 0.1) is 0 Å². The molecule has 2 aliphatic rings. The first kappa shape index (κ1) is 14.9. The number of likely N-dealkylation sites (N-methyl/N-ethyl adjacent to an activating group) is 1. The van der Waals surface area contributed by atoms with E-state index in [1.807, 2.05) is 6.07 Å². The Kier molecular flexibility index (Phi) is 3.92. The lowest BCUT2D eigenvalue weighted by Gasteiger charge is -2.41. The normalized spacial score (nSPS) is 24.6. The van der Waals surface area contributed by atoms with Crippen molar-refractivity contribution in [3.05, 3.63) is 54.1 Å². The maximum atomic E-state index is 11.9. The summed E-state index contributed by atoms with van der Waals surface area (Å²) >= 11 is 0. The summed E-state index contributed by atoms with van der Waals surface area (Å²) in [6.07, 6.45) is 0. The third kappa shape index (κ3) is 2.48. The maximum absolute atomic E-state index is 11.9. The lowest BCUT2D eigenvalue weighted by Crippen LogP contribution is -2.45. The Morgan fingerprint density at radius 2 is 1.61 bits per heavy atom. The van der Waals surface area contributed by atoms with Gasteiger partial charge in [-0.2, -0.15) is 0 Å². The van der Waals surface area contributed by atoms with Crippen molar-refractivity contribution in [1.29, 1.82) is 0 Å². The highest BCUT2D eigenvalue weighted by atomic mass is 32.2. The fourth-order valence-corrected chi connectivity index (χ4v) is 5.61. The van der Waals surface area contributed by atoms with Crippen LogP contribution in [0.4, 0.5) is 0 Å². The minimum atomic E-state index is -0.533. The molecule has 2 aliphatic heterocycles. The molecule has 4 heteroatoms. The van der Waals surface area contributed by atoms with E-state index in [1.54, 1.807) is 0 Å². The number of nitrogens with zero attached hydrogens (tertiary/aromatic N) is 2. The Labute approximate surface area is 139 Å². The molecule has 0 aliphatic carbocycles. The van der Waals surface area contributed by atoms with Gasteiger partial charge in [0, 0.05) is 31.1 Å². The molecule has 0 N–H and O–H groups in total. The fraction of sp³-hybridized carbons (Fsp3) is 0.316. The first-order valence-electron chi connectivity index (χ1n) is 8.01. The van der Waals surface area contributed by atoms with E-state index in [-0.39, 0.29) is 5.37 Å². The molecule has 2 heterocycles. The molecular weight excluding hydrogens is 304 g/mol. The molecule has 0 spiro atoms. The summed E-state index contributed by atoms with van der Waals surface area (Å²) in [5.41, 5.74) is 3.74. The van der Waals surface area contributed by atoms with E-state index in [0.717, 1.165) is 31.1 Å². The lowest BCUT2D eigenvalue weighted by atomic mass is 9.98. The van der Waals surface area contributed by atoms with Gasteiger partial charge in [-0.15, -0.1) is 0 Å². The molecule has 3 nitrogen and oxygen atoms in total. The minimum Gasteiger partial charge on any atom is -0.304 e. The lowest BCUT2D eigenvalue weighted by molar-refractivity contribution is 0.144. The van der Waals surface area contributed by atoms with Gasteiger partial charge in [-0.25, -0.2) is 4.79 Å².